The van der Waals surface area contributed by atoms with E-state index >= 15 is 0 Å². The number of carbonyl (C=O) groups is 1. The van der Waals surface area contributed by atoms with Crippen molar-refractivity contribution in [3.05, 3.63) is 51.7 Å². The number of carbonyl (C=O) groups excluding carboxylic acids is 1. The van der Waals surface area contributed by atoms with Gasteiger partial charge in [-0.2, -0.15) is 0 Å². The lowest BCUT2D eigenvalue weighted by Gasteiger charge is -2.20. The number of halogens is 4. The molecule has 1 fully saturated rings. The first-order valence-electron chi connectivity index (χ1n) is 12.4. The predicted octanol–water partition coefficient (Wildman–Crippen LogP) is 6.22. The molecule has 2 aliphatic rings. The van der Waals surface area contributed by atoms with Gasteiger partial charge in [0.05, 0.1) is 17.3 Å². The van der Waals surface area contributed by atoms with Crippen molar-refractivity contribution in [2.75, 3.05) is 18.4 Å². The summed E-state index contributed by atoms with van der Waals surface area (Å²) in [7, 11) is 0. The van der Waals surface area contributed by atoms with E-state index < -0.39 is 23.8 Å². The number of alkyl halides is 2. The number of aromatic nitrogens is 2. The monoisotopic (exact) mass is 508 g/mol. The molecule has 1 aromatic heterocycles. The van der Waals surface area contributed by atoms with Gasteiger partial charge in [0, 0.05) is 23.5 Å². The molecule has 0 bridgehead atoms. The van der Waals surface area contributed by atoms with E-state index in [9.17, 15) is 18.0 Å². The fraction of sp³-hybridized carbons (Fsp3) is 0.577. The third-order valence-electron chi connectivity index (χ3n) is 7.23. The molecule has 1 aromatic carbocycles. The van der Waals surface area contributed by atoms with Crippen molar-refractivity contribution >= 4 is 23.2 Å². The van der Waals surface area contributed by atoms with Gasteiger partial charge in [0.15, 0.2) is 0 Å². The quantitative estimate of drug-likeness (QED) is 0.414. The topological polar surface area (TPSA) is 66.9 Å². The summed E-state index contributed by atoms with van der Waals surface area (Å²) in [6, 6.07) is 3.40. The largest absolute Gasteiger partial charge is 0.363 e. The van der Waals surface area contributed by atoms with Gasteiger partial charge in [0.2, 0.25) is 5.28 Å². The van der Waals surface area contributed by atoms with Crippen LogP contribution in [0.15, 0.2) is 18.2 Å². The summed E-state index contributed by atoms with van der Waals surface area (Å²) < 4.78 is 40.9. The minimum absolute atomic E-state index is 0.0824. The molecule has 2 heterocycles. The number of fused-ring (bicyclic) bond motifs is 1. The van der Waals surface area contributed by atoms with Gasteiger partial charge in [-0.25, -0.2) is 23.1 Å². The van der Waals surface area contributed by atoms with E-state index in [0.717, 1.165) is 62.5 Å². The van der Waals surface area contributed by atoms with Crippen LogP contribution in [0.5, 0.6) is 0 Å². The average molecular weight is 509 g/mol. The average Bonchev–Trinajstić information content (AvgIpc) is 3.20. The van der Waals surface area contributed by atoms with Crippen molar-refractivity contribution < 1.29 is 18.0 Å². The van der Waals surface area contributed by atoms with Crippen molar-refractivity contribution in [1.82, 2.24) is 15.3 Å². The smallest absolute Gasteiger partial charge is 0.266 e. The van der Waals surface area contributed by atoms with E-state index in [1.54, 1.807) is 6.92 Å². The van der Waals surface area contributed by atoms with Gasteiger partial charge in [-0.1, -0.05) is 24.6 Å². The lowest BCUT2D eigenvalue weighted by atomic mass is 9.88. The lowest BCUT2D eigenvalue weighted by molar-refractivity contribution is -0.123. The molecule has 190 valence electrons. The Morgan fingerprint density at radius 1 is 1.17 bits per heavy atom. The molecule has 4 rings (SSSR count). The Bertz CT molecular complexity index is 1040. The fourth-order valence-electron chi connectivity index (χ4n) is 5.25. The molecule has 3 atom stereocenters. The highest BCUT2D eigenvalue weighted by Crippen LogP contribution is 2.36. The van der Waals surface area contributed by atoms with Gasteiger partial charge in [-0.15, -0.1) is 0 Å². The second-order valence-electron chi connectivity index (χ2n) is 9.69. The first-order valence-corrected chi connectivity index (χ1v) is 12.8. The van der Waals surface area contributed by atoms with Gasteiger partial charge in [0.1, 0.15) is 17.4 Å². The van der Waals surface area contributed by atoms with Crippen LogP contribution in [0.4, 0.5) is 19.0 Å². The van der Waals surface area contributed by atoms with Crippen LogP contribution in [0.3, 0.4) is 0 Å². The number of ketones is 1. The Labute approximate surface area is 209 Å². The number of benzene rings is 1. The van der Waals surface area contributed by atoms with Crippen molar-refractivity contribution in [3.8, 4) is 0 Å². The van der Waals surface area contributed by atoms with Crippen LogP contribution in [0.2, 0.25) is 5.28 Å². The highest BCUT2D eigenvalue weighted by atomic mass is 35.5. The van der Waals surface area contributed by atoms with E-state index in [1.165, 1.54) is 12.1 Å². The predicted molar refractivity (Wildman–Crippen MR) is 130 cm³/mol. The normalized spacial score (nSPS) is 21.3. The third kappa shape index (κ3) is 6.33. The number of rotatable bonds is 8. The minimum atomic E-state index is -2.89. The van der Waals surface area contributed by atoms with Crippen LogP contribution < -0.4 is 10.6 Å². The number of hydrogen-bond acceptors (Lipinski definition) is 5. The molecular formula is C26H32ClF3N4O. The maximum Gasteiger partial charge on any atom is 0.266 e. The van der Waals surface area contributed by atoms with Crippen molar-refractivity contribution in [2.24, 2.45) is 11.8 Å². The van der Waals surface area contributed by atoms with Gasteiger partial charge in [0.25, 0.3) is 6.43 Å². The molecule has 2 unspecified atom stereocenters. The molecular weight excluding hydrogens is 477 g/mol. The molecule has 2 aromatic rings. The number of Topliss-reactive ketones (excluding diaryl/α,β-unsaturated/α-hetero) is 1. The summed E-state index contributed by atoms with van der Waals surface area (Å²) in [4.78, 5) is 21.6. The summed E-state index contributed by atoms with van der Waals surface area (Å²) >= 11 is 6.17. The SMILES string of the molecule is C[C@@H](Nc1nc(Cl)nc2c1CC(CCC(=O)C1CCCCNCC1)C2)c1cccc(C(F)F)c1F. The second-order valence-corrected chi connectivity index (χ2v) is 10.0. The first kappa shape index (κ1) is 25.9. The number of nitrogens with zero attached hydrogens (tertiary/aromatic N) is 2. The minimum Gasteiger partial charge on any atom is -0.363 e. The number of nitrogens with one attached hydrogen (secondary N) is 2. The molecule has 35 heavy (non-hydrogen) atoms. The van der Waals surface area contributed by atoms with Crippen LogP contribution in [-0.4, -0.2) is 28.8 Å². The van der Waals surface area contributed by atoms with Crippen molar-refractivity contribution in [2.45, 2.75) is 70.8 Å². The van der Waals surface area contributed by atoms with Crippen LogP contribution in [0.1, 0.15) is 80.3 Å². The van der Waals surface area contributed by atoms with Crippen LogP contribution in [-0.2, 0) is 17.6 Å². The summed E-state index contributed by atoms with van der Waals surface area (Å²) in [6.07, 6.45) is 3.91. The standard InChI is InChI=1S/C26H32ClF3N4O/c1-15(18-6-4-7-19(23(18)28)24(29)30)32-25-20-13-16(14-21(20)33-26(27)34-25)8-9-22(35)17-5-2-3-11-31-12-10-17/h4,6-7,15-17,24,31H,2-3,5,8-14H2,1H3,(H,32,33,34)/t15-,16?,17?/m1/s1. The molecule has 5 nitrogen and oxygen atoms in total. The second kappa shape index (κ2) is 11.7. The summed E-state index contributed by atoms with van der Waals surface area (Å²) in [5, 5.41) is 6.63. The van der Waals surface area contributed by atoms with Crippen LogP contribution in [0, 0.1) is 17.7 Å². The summed E-state index contributed by atoms with van der Waals surface area (Å²) in [5.41, 5.74) is 1.25. The first-order chi connectivity index (χ1) is 16.8. The molecule has 0 spiro atoms. The zero-order valence-corrected chi connectivity index (χ0v) is 20.7. The van der Waals surface area contributed by atoms with Crippen LogP contribution in [0.25, 0.3) is 0 Å². The summed E-state index contributed by atoms with van der Waals surface area (Å²) in [5.74, 6) is 0.311. The molecule has 0 amide bonds. The summed E-state index contributed by atoms with van der Waals surface area (Å²) in [6.45, 7) is 3.63. The highest BCUT2D eigenvalue weighted by molar-refractivity contribution is 6.28. The molecule has 1 saturated heterocycles. The Morgan fingerprint density at radius 2 is 1.97 bits per heavy atom. The Balaban J connectivity index is 1.41. The molecule has 9 heteroatoms. The molecule has 2 N–H and O–H groups in total. The van der Waals surface area contributed by atoms with Gasteiger partial charge < -0.3 is 10.6 Å². The zero-order valence-electron chi connectivity index (χ0n) is 19.9. The lowest BCUT2D eigenvalue weighted by Crippen LogP contribution is -2.26. The third-order valence-corrected chi connectivity index (χ3v) is 7.40. The van der Waals surface area contributed by atoms with E-state index in [1.807, 2.05) is 0 Å². The van der Waals surface area contributed by atoms with Gasteiger partial charge in [-0.3, -0.25) is 4.79 Å². The van der Waals surface area contributed by atoms with E-state index in [4.69, 9.17) is 11.6 Å². The van der Waals surface area contributed by atoms with E-state index in [0.29, 0.717) is 30.9 Å². The van der Waals surface area contributed by atoms with Gasteiger partial charge in [-0.05, 0) is 76.1 Å². The van der Waals surface area contributed by atoms with E-state index in [-0.39, 0.29) is 22.7 Å². The van der Waals surface area contributed by atoms with Crippen LogP contribution >= 0.6 is 11.6 Å². The van der Waals surface area contributed by atoms with Crippen molar-refractivity contribution in [3.63, 3.8) is 0 Å². The number of hydrogen-bond donors (Lipinski definition) is 2. The molecule has 0 saturated carbocycles. The maximum atomic E-state index is 14.7. The fourth-order valence-corrected chi connectivity index (χ4v) is 5.44. The zero-order chi connectivity index (χ0) is 24.9. The molecule has 1 aliphatic carbocycles. The molecule has 0 radical (unpaired) electrons. The Hall–Kier alpha value is -2.19. The maximum absolute atomic E-state index is 14.7. The number of anilines is 1. The molecule has 1 aliphatic heterocycles. The van der Waals surface area contributed by atoms with Crippen molar-refractivity contribution in [1.29, 1.82) is 0 Å². The Kier molecular flexibility index (Phi) is 8.65. The Morgan fingerprint density at radius 3 is 2.77 bits per heavy atom. The van der Waals surface area contributed by atoms with Gasteiger partial charge >= 0.3 is 0 Å². The van der Waals surface area contributed by atoms with E-state index in [2.05, 4.69) is 20.6 Å². The highest BCUT2D eigenvalue weighted by Gasteiger charge is 2.29.